The van der Waals surface area contributed by atoms with Crippen LogP contribution in [0.5, 0.6) is 5.75 Å². The standard InChI is InChI=1S/C16H17ClFNO/c1-11(19-2)13-5-3-4-6-16(13)20-10-12-7-8-15(18)14(17)9-12/h3-9,11,19H,10H2,1-2H3. The Morgan fingerprint density at radius 1 is 1.25 bits per heavy atom. The maximum Gasteiger partial charge on any atom is 0.141 e. The normalized spacial score (nSPS) is 12.2. The van der Waals surface area contributed by atoms with Gasteiger partial charge in [0.2, 0.25) is 0 Å². The smallest absolute Gasteiger partial charge is 0.141 e. The monoisotopic (exact) mass is 293 g/mol. The first-order chi connectivity index (χ1) is 9.61. The molecule has 0 amide bonds. The molecule has 0 radical (unpaired) electrons. The molecule has 0 aliphatic heterocycles. The number of halogens is 2. The average Bonchev–Trinajstić information content (AvgIpc) is 2.48. The van der Waals surface area contributed by atoms with Gasteiger partial charge in [0.15, 0.2) is 0 Å². The minimum atomic E-state index is -0.417. The van der Waals surface area contributed by atoms with E-state index in [0.29, 0.717) is 6.61 Å². The SMILES string of the molecule is CNC(C)c1ccccc1OCc1ccc(F)c(Cl)c1. The molecule has 0 aliphatic rings. The largest absolute Gasteiger partial charge is 0.489 e. The second-order valence-electron chi connectivity index (χ2n) is 4.59. The highest BCUT2D eigenvalue weighted by atomic mass is 35.5. The van der Waals surface area contributed by atoms with Gasteiger partial charge in [-0.15, -0.1) is 0 Å². The lowest BCUT2D eigenvalue weighted by Gasteiger charge is -2.16. The van der Waals surface area contributed by atoms with Crippen LogP contribution in [0.2, 0.25) is 5.02 Å². The maximum atomic E-state index is 13.1. The molecule has 20 heavy (non-hydrogen) atoms. The van der Waals surface area contributed by atoms with Crippen molar-refractivity contribution in [3.8, 4) is 5.75 Å². The molecule has 0 bridgehead atoms. The highest BCUT2D eigenvalue weighted by Gasteiger charge is 2.09. The van der Waals surface area contributed by atoms with Crippen molar-refractivity contribution in [1.82, 2.24) is 5.32 Å². The van der Waals surface area contributed by atoms with E-state index in [1.807, 2.05) is 31.3 Å². The summed E-state index contributed by atoms with van der Waals surface area (Å²) in [5.74, 6) is 0.398. The van der Waals surface area contributed by atoms with E-state index in [-0.39, 0.29) is 11.1 Å². The number of hydrogen-bond donors (Lipinski definition) is 1. The van der Waals surface area contributed by atoms with Crippen molar-refractivity contribution >= 4 is 11.6 Å². The van der Waals surface area contributed by atoms with Gasteiger partial charge in [0, 0.05) is 11.6 Å². The van der Waals surface area contributed by atoms with Gasteiger partial charge < -0.3 is 10.1 Å². The van der Waals surface area contributed by atoms with Crippen LogP contribution in [0.4, 0.5) is 4.39 Å². The first-order valence-electron chi connectivity index (χ1n) is 6.44. The number of benzene rings is 2. The summed E-state index contributed by atoms with van der Waals surface area (Å²) in [6.07, 6.45) is 0. The third-order valence-electron chi connectivity index (χ3n) is 3.20. The lowest BCUT2D eigenvalue weighted by Crippen LogP contribution is -2.13. The number of rotatable bonds is 5. The molecule has 1 unspecified atom stereocenters. The van der Waals surface area contributed by atoms with E-state index in [1.165, 1.54) is 6.07 Å². The highest BCUT2D eigenvalue weighted by molar-refractivity contribution is 6.30. The molecular formula is C16H17ClFNO. The van der Waals surface area contributed by atoms with E-state index < -0.39 is 5.82 Å². The van der Waals surface area contributed by atoms with Gasteiger partial charge in [-0.1, -0.05) is 35.9 Å². The van der Waals surface area contributed by atoms with Crippen LogP contribution in [0.3, 0.4) is 0 Å². The maximum absolute atomic E-state index is 13.1. The zero-order chi connectivity index (χ0) is 14.5. The van der Waals surface area contributed by atoms with Crippen LogP contribution in [0.1, 0.15) is 24.1 Å². The summed E-state index contributed by atoms with van der Waals surface area (Å²) < 4.78 is 18.9. The van der Waals surface area contributed by atoms with Crippen LogP contribution in [0.25, 0.3) is 0 Å². The molecule has 4 heteroatoms. The molecule has 0 fully saturated rings. The summed E-state index contributed by atoms with van der Waals surface area (Å²) in [6.45, 7) is 2.42. The van der Waals surface area contributed by atoms with E-state index in [1.54, 1.807) is 12.1 Å². The summed E-state index contributed by atoms with van der Waals surface area (Å²) in [6, 6.07) is 12.7. The third kappa shape index (κ3) is 3.50. The minimum Gasteiger partial charge on any atom is -0.489 e. The number of para-hydroxylation sites is 1. The van der Waals surface area contributed by atoms with Gasteiger partial charge >= 0.3 is 0 Å². The zero-order valence-electron chi connectivity index (χ0n) is 11.5. The van der Waals surface area contributed by atoms with Crippen molar-refractivity contribution < 1.29 is 9.13 Å². The predicted molar refractivity (Wildman–Crippen MR) is 79.7 cm³/mol. The Labute approximate surface area is 123 Å². The molecule has 1 N–H and O–H groups in total. The predicted octanol–water partition coefficient (Wildman–Crippen LogP) is 4.34. The molecule has 0 saturated carbocycles. The first-order valence-corrected chi connectivity index (χ1v) is 6.82. The molecular weight excluding hydrogens is 277 g/mol. The van der Waals surface area contributed by atoms with E-state index in [9.17, 15) is 4.39 Å². The summed E-state index contributed by atoms with van der Waals surface area (Å²) >= 11 is 5.76. The second-order valence-corrected chi connectivity index (χ2v) is 4.99. The topological polar surface area (TPSA) is 21.3 Å². The quantitative estimate of drug-likeness (QED) is 0.885. The Hall–Kier alpha value is -1.58. The van der Waals surface area contributed by atoms with Gasteiger partial charge in [0.25, 0.3) is 0 Å². The molecule has 2 aromatic rings. The van der Waals surface area contributed by atoms with Crippen LogP contribution in [0, 0.1) is 5.82 Å². The van der Waals surface area contributed by atoms with Crippen LogP contribution in [0.15, 0.2) is 42.5 Å². The van der Waals surface area contributed by atoms with E-state index in [0.717, 1.165) is 16.9 Å². The van der Waals surface area contributed by atoms with Gasteiger partial charge in [-0.25, -0.2) is 4.39 Å². The Morgan fingerprint density at radius 2 is 2.00 bits per heavy atom. The van der Waals surface area contributed by atoms with Crippen molar-refractivity contribution in [1.29, 1.82) is 0 Å². The highest BCUT2D eigenvalue weighted by Crippen LogP contribution is 2.25. The molecule has 106 valence electrons. The van der Waals surface area contributed by atoms with Gasteiger partial charge in [0.1, 0.15) is 18.2 Å². The van der Waals surface area contributed by atoms with Gasteiger partial charge in [-0.2, -0.15) is 0 Å². The fourth-order valence-corrected chi connectivity index (χ4v) is 2.12. The Kier molecular flexibility index (Phi) is 4.99. The zero-order valence-corrected chi connectivity index (χ0v) is 12.2. The second kappa shape index (κ2) is 6.73. The molecule has 0 aromatic heterocycles. The molecule has 1 atom stereocenters. The molecule has 0 heterocycles. The molecule has 2 aromatic carbocycles. The van der Waals surface area contributed by atoms with E-state index >= 15 is 0 Å². The van der Waals surface area contributed by atoms with Crippen molar-refractivity contribution in [2.24, 2.45) is 0 Å². The first kappa shape index (κ1) is 14.8. The lowest BCUT2D eigenvalue weighted by molar-refractivity contribution is 0.300. The molecule has 0 spiro atoms. The third-order valence-corrected chi connectivity index (χ3v) is 3.49. The summed E-state index contributed by atoms with van der Waals surface area (Å²) in [4.78, 5) is 0. The summed E-state index contributed by atoms with van der Waals surface area (Å²) in [7, 11) is 1.90. The fourth-order valence-electron chi connectivity index (χ4n) is 1.92. The van der Waals surface area contributed by atoms with Gasteiger partial charge in [-0.3, -0.25) is 0 Å². The van der Waals surface area contributed by atoms with Crippen molar-refractivity contribution in [2.45, 2.75) is 19.6 Å². The van der Waals surface area contributed by atoms with Crippen LogP contribution in [-0.2, 0) is 6.61 Å². The van der Waals surface area contributed by atoms with Crippen LogP contribution >= 0.6 is 11.6 Å². The molecule has 2 nitrogen and oxygen atoms in total. The summed E-state index contributed by atoms with van der Waals surface area (Å²) in [5.41, 5.74) is 1.92. The van der Waals surface area contributed by atoms with Gasteiger partial charge in [-0.05, 0) is 37.7 Å². The molecule has 0 saturated heterocycles. The van der Waals surface area contributed by atoms with Crippen LogP contribution in [-0.4, -0.2) is 7.05 Å². The minimum absolute atomic E-state index is 0.114. The van der Waals surface area contributed by atoms with Crippen LogP contribution < -0.4 is 10.1 Å². The van der Waals surface area contributed by atoms with Crippen molar-refractivity contribution in [2.75, 3.05) is 7.05 Å². The number of ether oxygens (including phenoxy) is 1. The Bertz CT molecular complexity index is 588. The Balaban J connectivity index is 2.12. The fraction of sp³-hybridized carbons (Fsp3) is 0.250. The van der Waals surface area contributed by atoms with E-state index in [2.05, 4.69) is 12.2 Å². The lowest BCUT2D eigenvalue weighted by atomic mass is 10.1. The number of nitrogens with one attached hydrogen (secondary N) is 1. The molecule has 0 aliphatic carbocycles. The Morgan fingerprint density at radius 3 is 2.70 bits per heavy atom. The van der Waals surface area contributed by atoms with Gasteiger partial charge in [0.05, 0.1) is 5.02 Å². The number of hydrogen-bond acceptors (Lipinski definition) is 2. The van der Waals surface area contributed by atoms with Crippen molar-refractivity contribution in [3.05, 3.63) is 64.4 Å². The molecule has 2 rings (SSSR count). The average molecular weight is 294 g/mol. The summed E-state index contributed by atoms with van der Waals surface area (Å²) in [5, 5.41) is 3.30. The van der Waals surface area contributed by atoms with Crippen molar-refractivity contribution in [3.63, 3.8) is 0 Å². The van der Waals surface area contributed by atoms with E-state index in [4.69, 9.17) is 16.3 Å².